The van der Waals surface area contributed by atoms with Crippen LogP contribution in [0.3, 0.4) is 0 Å². The van der Waals surface area contributed by atoms with Crippen LogP contribution in [0.25, 0.3) is 0 Å². The van der Waals surface area contributed by atoms with Crippen molar-refractivity contribution in [2.75, 3.05) is 191 Å². The number of carbonyl (C=O) groups is 8. The molecule has 7 atom stereocenters. The molecule has 128 heavy (non-hydrogen) atoms. The van der Waals surface area contributed by atoms with E-state index in [0.717, 1.165) is 123 Å². The van der Waals surface area contributed by atoms with Crippen LogP contribution in [0.1, 0.15) is 92.4 Å². The average Bonchev–Trinajstić information content (AvgIpc) is 0.826. The molecule has 0 heterocycles. The van der Waals surface area contributed by atoms with Crippen molar-refractivity contribution in [3.63, 3.8) is 0 Å². The number of esters is 2. The third kappa shape index (κ3) is 84.8. The molecule has 0 spiro atoms. The normalized spacial score (nSPS) is 13.1. The molecule has 0 aromatic carbocycles. The number of aliphatic hydroxyl groups excluding tert-OH is 9. The molecular weight excluding hydrogens is 1960 g/mol. The molecule has 57 heteroatoms. The number of hydrogen-bond acceptors (Lipinski definition) is 41. The maximum atomic E-state index is 12.8. The van der Waals surface area contributed by atoms with Gasteiger partial charge in [0.1, 0.15) is 0 Å². The number of thiol groups is 5. The predicted molar refractivity (Wildman–Crippen MR) is 523 cm³/mol. The summed E-state index contributed by atoms with van der Waals surface area (Å²) in [5, 5.41) is 93.9. The Kier molecular flexibility index (Phi) is 113. The van der Waals surface area contributed by atoms with Crippen LogP contribution in [0, 0.1) is 23.7 Å². The summed E-state index contributed by atoms with van der Waals surface area (Å²) in [6.07, 6.45) is 7.64. The van der Waals surface area contributed by atoms with Crippen molar-refractivity contribution >= 4 is 195 Å². The number of nitrogens with one attached hydrogen (secondary N) is 2. The SMILES string of the molecule is C=CC(=O)NC(C)(C)CS(=O)(=O)O.C=CC(=O)O.C=CC(=O)OC.C=CC(N)=O.CO.CO.CO.CO.CO.CO.COC(=O)C(CC(C)C(=O)NC(C)(C)CS(=O)(=O)O)CC(CC(CSCCC[Si](OC)(OC)O[Si](CO)(CCCS)OC)C(=O)O)C(N)=O.CO[Si](CO)(CCCS)O[Si](CCCS)(OC)OC.CO[Si](CO)(CCCS)O[Si](CCCS)(OC)OC. The Morgan fingerprint density at radius 2 is 0.727 bits per heavy atom. The highest BCUT2D eigenvalue weighted by molar-refractivity contribution is 7.99. The lowest BCUT2D eigenvalue weighted by molar-refractivity contribution is -0.147. The van der Waals surface area contributed by atoms with E-state index in [1.807, 2.05) is 0 Å². The second kappa shape index (κ2) is 94.5. The highest BCUT2D eigenvalue weighted by Crippen LogP contribution is 2.32. The minimum absolute atomic E-state index is 0.0957. The number of rotatable bonds is 59. The molecule has 0 aliphatic carbocycles. The predicted octanol–water partition coefficient (Wildman–Crippen LogP) is 2.33. The highest BCUT2D eigenvalue weighted by atomic mass is 32.2. The first-order chi connectivity index (χ1) is 59.8. The number of methoxy groups -OCH3 is 2. The number of thioether (sulfide) groups is 1. The Morgan fingerprint density at radius 3 is 0.938 bits per heavy atom. The number of aliphatic hydroxyl groups is 9. The molecular formula is C71H160N4O39S8Si6. The van der Waals surface area contributed by atoms with Crippen molar-refractivity contribution in [1.29, 1.82) is 0 Å². The molecule has 0 aromatic rings. The van der Waals surface area contributed by atoms with Crippen molar-refractivity contribution in [1.82, 2.24) is 10.6 Å². The maximum absolute atomic E-state index is 12.8. The van der Waals surface area contributed by atoms with E-state index in [-0.39, 0.29) is 43.7 Å². The first kappa shape index (κ1) is 153. The summed E-state index contributed by atoms with van der Waals surface area (Å²) in [5.74, 6) is -6.57. The number of primary amides is 2. The van der Waals surface area contributed by atoms with E-state index in [2.05, 4.69) is 111 Å². The largest absolute Gasteiger partial charge is 0.491 e. The number of amides is 4. The van der Waals surface area contributed by atoms with Gasteiger partial charge in [-0.05, 0) is 150 Å². The Bertz CT molecular complexity index is 2910. The molecule has 0 rings (SSSR count). The topological polar surface area (TPSA) is 673 Å². The molecule has 0 fully saturated rings. The van der Waals surface area contributed by atoms with Gasteiger partial charge in [0.25, 0.3) is 20.2 Å². The van der Waals surface area contributed by atoms with Crippen molar-refractivity contribution in [2.24, 2.45) is 35.1 Å². The van der Waals surface area contributed by atoms with Crippen LogP contribution in [-0.2, 0) is 120 Å². The van der Waals surface area contributed by atoms with Gasteiger partial charge >= 0.3 is 76.0 Å². The lowest BCUT2D eigenvalue weighted by Crippen LogP contribution is -2.58. The molecule has 0 saturated carbocycles. The Labute approximate surface area is 798 Å². The Balaban J connectivity index is -0.000000125. The van der Waals surface area contributed by atoms with E-state index in [0.29, 0.717) is 60.6 Å². The summed E-state index contributed by atoms with van der Waals surface area (Å²) in [6, 6.07) is 3.56. The molecule has 770 valence electrons. The van der Waals surface area contributed by atoms with Gasteiger partial charge in [-0.15, -0.1) is 0 Å². The van der Waals surface area contributed by atoms with Crippen LogP contribution in [0.2, 0.25) is 36.3 Å². The number of nitrogens with two attached hydrogens (primary N) is 2. The molecule has 0 aliphatic heterocycles. The van der Waals surface area contributed by atoms with Crippen LogP contribution in [0.5, 0.6) is 0 Å². The minimum Gasteiger partial charge on any atom is -0.481 e. The Morgan fingerprint density at radius 1 is 0.438 bits per heavy atom. The number of carboxylic acid groups (broad SMARTS) is 2. The first-order valence-corrected chi connectivity index (χ1v) is 58.3. The standard InChI is InChI=1S/C28H56N2O14S3Si2.2C10H26O5S2Si2.C7H13NO4S.C4H6O2.C3H5NO.C3H4O2.6CH4O/c1-20(25(33)30-28(2,3)18-47(37,38)39)14-22(27(36)40-4)15-21(24(29)32)16-23(26(34)35)17-46-11-9-13-49(42-6,43-7)44-48(19-31,41-5)12-8-10-45;2*1-12-18(10-11,8-4-6-16)15-19(13-2,14-3)9-5-7-17;1-4-6(9)8-7(2,3)5-13(10,11)12;1-3-4(5)6-2;2*1-2-3(4)5;6*1-2/h20-23,31,45H,8-19H2,1-7H3,(H2,29,32)(H,30,33)(H,34,35)(H,37,38,39);2*11,16-17H,4-10H2,1-3H3;4H,1,5H2,2-3H3,(H,8,9)(H,10,11,12);3H,1H2,2H3;2H,1H2,(H2,4,5);2H,1H2,(H,4,5);6*2H,1H3. The lowest BCUT2D eigenvalue weighted by Gasteiger charge is -2.36. The van der Waals surface area contributed by atoms with E-state index < -0.39 is 166 Å². The molecule has 0 saturated heterocycles. The quantitative estimate of drug-likeness (QED) is 0.0104. The maximum Gasteiger partial charge on any atom is 0.491 e. The van der Waals surface area contributed by atoms with Gasteiger partial charge < -0.3 is 140 Å². The molecule has 0 bridgehead atoms. The highest BCUT2D eigenvalue weighted by Gasteiger charge is 2.52. The van der Waals surface area contributed by atoms with Crippen LogP contribution < -0.4 is 22.1 Å². The molecule has 43 nitrogen and oxygen atoms in total. The molecule has 4 amide bonds. The third-order valence-corrected chi connectivity index (χ3v) is 42.5. The van der Waals surface area contributed by atoms with Gasteiger partial charge in [0.15, 0.2) is 0 Å². The number of ether oxygens (including phenoxy) is 2. The second-order valence-corrected chi connectivity index (χ2v) is 51.9. The van der Waals surface area contributed by atoms with E-state index >= 15 is 0 Å². The van der Waals surface area contributed by atoms with Crippen LogP contribution in [0.4, 0.5) is 0 Å². The van der Waals surface area contributed by atoms with Gasteiger partial charge in [-0.1, -0.05) is 33.2 Å². The minimum atomic E-state index is -4.39. The molecule has 0 aliphatic rings. The second-order valence-electron chi connectivity index (χ2n) is 26.0. The summed E-state index contributed by atoms with van der Waals surface area (Å²) in [6.45, 7) is 19.7. The lowest BCUT2D eigenvalue weighted by atomic mass is 9.83. The van der Waals surface area contributed by atoms with Crippen molar-refractivity contribution in [3.05, 3.63) is 50.6 Å². The van der Waals surface area contributed by atoms with Crippen LogP contribution in [-0.4, -0.2) is 384 Å². The first-order valence-electron chi connectivity index (χ1n) is 38.3. The zero-order valence-corrected chi connectivity index (χ0v) is 91.5. The fraction of sp³-hybridized carbons (Fsp3) is 0.775. The number of carbonyl (C=O) groups excluding carboxylic acids is 6. The van der Waals surface area contributed by atoms with E-state index in [1.165, 1.54) is 74.8 Å². The number of carboxylic acids is 2. The van der Waals surface area contributed by atoms with Crippen molar-refractivity contribution < 1.29 is 182 Å². The monoisotopic (exact) mass is 2120 g/mol. The fourth-order valence-electron chi connectivity index (χ4n) is 9.63. The summed E-state index contributed by atoms with van der Waals surface area (Å²) in [5.41, 5.74) is 7.87. The third-order valence-electron chi connectivity index (χ3n) is 15.7. The van der Waals surface area contributed by atoms with Gasteiger partial charge in [0, 0.05) is 155 Å². The van der Waals surface area contributed by atoms with Gasteiger partial charge in [-0.2, -0.15) is 91.7 Å². The van der Waals surface area contributed by atoms with Gasteiger partial charge in [0.05, 0.1) is 67.3 Å². The van der Waals surface area contributed by atoms with Gasteiger partial charge in [-0.25, -0.2) is 9.59 Å². The smallest absolute Gasteiger partial charge is 0.481 e. The van der Waals surface area contributed by atoms with Gasteiger partial charge in [-0.3, -0.25) is 37.9 Å². The summed E-state index contributed by atoms with van der Waals surface area (Å²) < 4.78 is 139. The zero-order chi connectivity index (χ0) is 104. The van der Waals surface area contributed by atoms with E-state index in [1.54, 1.807) is 42.7 Å². The van der Waals surface area contributed by atoms with Gasteiger partial charge in [0.2, 0.25) is 23.6 Å². The summed E-state index contributed by atoms with van der Waals surface area (Å²) in [4.78, 5) is 89.6. The Hall–Kier alpha value is -2.90. The molecule has 19 N–H and O–H groups in total. The van der Waals surface area contributed by atoms with E-state index in [9.17, 15) is 80.2 Å². The van der Waals surface area contributed by atoms with E-state index in [4.69, 9.17) is 103 Å². The van der Waals surface area contributed by atoms with Crippen molar-refractivity contribution in [2.45, 2.75) is 140 Å². The van der Waals surface area contributed by atoms with Crippen molar-refractivity contribution in [3.8, 4) is 0 Å². The van der Waals surface area contributed by atoms with Crippen LogP contribution in [0.15, 0.2) is 50.6 Å². The summed E-state index contributed by atoms with van der Waals surface area (Å²) in [7, 11) is -3.36. The summed E-state index contributed by atoms with van der Waals surface area (Å²) >= 11 is 22.4. The average molecular weight is 2120 g/mol. The number of aliphatic carboxylic acids is 2. The zero-order valence-electron chi connectivity index (χ0n) is 78.6. The fourth-order valence-corrected chi connectivity index (χ4v) is 35.4. The molecule has 0 radical (unpaired) electrons. The molecule has 7 unspecified atom stereocenters. The number of hydrogen-bond donors (Lipinski definition) is 22. The molecule has 0 aromatic heterocycles. The van der Waals surface area contributed by atoms with Crippen LogP contribution >= 0.6 is 74.9 Å².